The predicted molar refractivity (Wildman–Crippen MR) is 88.4 cm³/mol. The smallest absolute Gasteiger partial charge is 0.320 e. The second-order valence-corrected chi connectivity index (χ2v) is 5.54. The fraction of sp³-hybridized carbons (Fsp3) is 0.176. The molecular formula is C17H17ClN2O3. The lowest BCUT2D eigenvalue weighted by atomic mass is 10.0. The van der Waals surface area contributed by atoms with Crippen LogP contribution in [0.2, 0.25) is 5.02 Å². The number of halogens is 1. The maximum absolute atomic E-state index is 12.0. The number of carboxylic acid groups (broad SMARTS) is 1. The molecule has 1 atom stereocenters. The second kappa shape index (κ2) is 7.76. The van der Waals surface area contributed by atoms with Crippen molar-refractivity contribution in [3.8, 4) is 0 Å². The molecule has 0 aliphatic rings. The Balaban J connectivity index is 1.93. The molecule has 6 heteroatoms. The van der Waals surface area contributed by atoms with Crippen LogP contribution >= 0.6 is 11.6 Å². The van der Waals surface area contributed by atoms with Crippen LogP contribution in [-0.4, -0.2) is 23.0 Å². The first kappa shape index (κ1) is 17.0. The van der Waals surface area contributed by atoms with Crippen molar-refractivity contribution in [2.75, 3.05) is 0 Å². The normalized spacial score (nSPS) is 11.7. The molecule has 120 valence electrons. The first-order chi connectivity index (χ1) is 11.0. The highest BCUT2D eigenvalue weighted by molar-refractivity contribution is 6.33. The highest BCUT2D eigenvalue weighted by atomic mass is 35.5. The number of benzene rings is 2. The van der Waals surface area contributed by atoms with E-state index in [9.17, 15) is 9.59 Å². The quantitative estimate of drug-likeness (QED) is 0.756. The van der Waals surface area contributed by atoms with Crippen LogP contribution < -0.4 is 11.1 Å². The Morgan fingerprint density at radius 3 is 2.30 bits per heavy atom. The van der Waals surface area contributed by atoms with Gasteiger partial charge in [0.15, 0.2) is 0 Å². The van der Waals surface area contributed by atoms with Crippen molar-refractivity contribution in [1.82, 2.24) is 5.32 Å². The Kier molecular flexibility index (Phi) is 5.73. The minimum atomic E-state index is -1.03. The number of carbonyl (C=O) groups is 2. The summed E-state index contributed by atoms with van der Waals surface area (Å²) in [6, 6.07) is 13.2. The van der Waals surface area contributed by atoms with E-state index >= 15 is 0 Å². The lowest BCUT2D eigenvalue weighted by Gasteiger charge is -2.09. The van der Waals surface area contributed by atoms with Crippen molar-refractivity contribution < 1.29 is 14.7 Å². The monoisotopic (exact) mass is 332 g/mol. The van der Waals surface area contributed by atoms with Crippen LogP contribution in [0, 0.1) is 0 Å². The molecule has 0 spiro atoms. The third-order valence-electron chi connectivity index (χ3n) is 3.37. The first-order valence-corrected chi connectivity index (χ1v) is 7.44. The third-order valence-corrected chi connectivity index (χ3v) is 3.70. The van der Waals surface area contributed by atoms with Crippen LogP contribution in [0.5, 0.6) is 0 Å². The van der Waals surface area contributed by atoms with Crippen LogP contribution in [0.3, 0.4) is 0 Å². The van der Waals surface area contributed by atoms with Gasteiger partial charge in [-0.3, -0.25) is 9.59 Å². The summed E-state index contributed by atoms with van der Waals surface area (Å²) in [7, 11) is 0. The molecular weight excluding hydrogens is 316 g/mol. The van der Waals surface area contributed by atoms with E-state index in [1.54, 1.807) is 36.4 Å². The minimum absolute atomic E-state index is 0.243. The van der Waals surface area contributed by atoms with Crippen LogP contribution in [0.15, 0.2) is 48.5 Å². The van der Waals surface area contributed by atoms with Crippen molar-refractivity contribution >= 4 is 23.5 Å². The van der Waals surface area contributed by atoms with Gasteiger partial charge in [0.25, 0.3) is 5.91 Å². The molecule has 2 aromatic rings. The lowest BCUT2D eigenvalue weighted by Crippen LogP contribution is -2.32. The Labute approximate surface area is 139 Å². The van der Waals surface area contributed by atoms with Crippen LogP contribution in [-0.2, 0) is 17.8 Å². The number of carboxylic acids is 1. The van der Waals surface area contributed by atoms with Crippen molar-refractivity contribution in [2.45, 2.75) is 19.0 Å². The number of aliphatic carboxylic acids is 1. The molecule has 0 fully saturated rings. The number of nitrogens with one attached hydrogen (secondary N) is 1. The zero-order valence-corrected chi connectivity index (χ0v) is 13.1. The van der Waals surface area contributed by atoms with Crippen molar-refractivity contribution in [3.63, 3.8) is 0 Å². The molecule has 0 saturated carbocycles. The van der Waals surface area contributed by atoms with Gasteiger partial charge in [-0.05, 0) is 29.7 Å². The van der Waals surface area contributed by atoms with E-state index in [4.69, 9.17) is 22.4 Å². The highest BCUT2D eigenvalue weighted by Crippen LogP contribution is 2.15. The average Bonchev–Trinajstić information content (AvgIpc) is 2.54. The number of amides is 1. The molecule has 0 radical (unpaired) electrons. The molecule has 0 aromatic heterocycles. The minimum Gasteiger partial charge on any atom is -0.480 e. The van der Waals surface area contributed by atoms with E-state index in [0.717, 1.165) is 11.1 Å². The molecule has 23 heavy (non-hydrogen) atoms. The fourth-order valence-corrected chi connectivity index (χ4v) is 2.28. The van der Waals surface area contributed by atoms with Gasteiger partial charge in [0.2, 0.25) is 0 Å². The largest absolute Gasteiger partial charge is 0.480 e. The van der Waals surface area contributed by atoms with Crippen LogP contribution in [0.4, 0.5) is 0 Å². The third kappa shape index (κ3) is 4.81. The number of hydrogen-bond donors (Lipinski definition) is 3. The van der Waals surface area contributed by atoms with Crippen LogP contribution in [0.25, 0.3) is 0 Å². The summed E-state index contributed by atoms with van der Waals surface area (Å²) in [4.78, 5) is 22.8. The topological polar surface area (TPSA) is 92.4 Å². The van der Waals surface area contributed by atoms with E-state index < -0.39 is 12.0 Å². The zero-order valence-electron chi connectivity index (χ0n) is 12.3. The van der Waals surface area contributed by atoms with Gasteiger partial charge >= 0.3 is 5.97 Å². The maximum atomic E-state index is 12.0. The van der Waals surface area contributed by atoms with Gasteiger partial charge < -0.3 is 16.2 Å². The Morgan fingerprint density at radius 2 is 1.70 bits per heavy atom. The molecule has 0 aliphatic carbocycles. The fourth-order valence-electron chi connectivity index (χ4n) is 2.06. The summed E-state index contributed by atoms with van der Waals surface area (Å²) in [6.07, 6.45) is 0.265. The number of rotatable bonds is 6. The average molecular weight is 333 g/mol. The van der Waals surface area contributed by atoms with Gasteiger partial charge in [-0.15, -0.1) is 0 Å². The SMILES string of the molecule is N[C@@H](Cc1ccc(CNC(=O)c2ccccc2Cl)cc1)C(=O)O. The predicted octanol–water partition coefficient (Wildman–Crippen LogP) is 2.22. The van der Waals surface area contributed by atoms with Gasteiger partial charge in [-0.25, -0.2) is 0 Å². The van der Waals surface area contributed by atoms with E-state index in [1.807, 2.05) is 12.1 Å². The summed E-state index contributed by atoms with van der Waals surface area (Å²) < 4.78 is 0. The Hall–Kier alpha value is -2.37. The van der Waals surface area contributed by atoms with E-state index in [2.05, 4.69) is 5.32 Å². The van der Waals surface area contributed by atoms with Crippen LogP contribution in [0.1, 0.15) is 21.5 Å². The molecule has 0 aliphatic heterocycles. The highest BCUT2D eigenvalue weighted by Gasteiger charge is 2.12. The number of hydrogen-bond acceptors (Lipinski definition) is 3. The molecule has 5 nitrogen and oxygen atoms in total. The van der Waals surface area contributed by atoms with Gasteiger partial charge in [0.05, 0.1) is 10.6 Å². The van der Waals surface area contributed by atoms with Crippen molar-refractivity contribution in [3.05, 3.63) is 70.2 Å². The molecule has 1 amide bonds. The Bertz CT molecular complexity index is 701. The molecule has 0 heterocycles. The summed E-state index contributed by atoms with van der Waals surface area (Å²) in [5, 5.41) is 12.0. The summed E-state index contributed by atoms with van der Waals surface area (Å²) >= 11 is 5.97. The lowest BCUT2D eigenvalue weighted by molar-refractivity contribution is -0.138. The summed E-state index contributed by atoms with van der Waals surface area (Å²) in [5.41, 5.74) is 7.66. The zero-order chi connectivity index (χ0) is 16.8. The van der Waals surface area contributed by atoms with Crippen molar-refractivity contribution in [1.29, 1.82) is 0 Å². The molecule has 4 N–H and O–H groups in total. The molecule has 2 aromatic carbocycles. The second-order valence-electron chi connectivity index (χ2n) is 5.13. The number of nitrogens with two attached hydrogens (primary N) is 1. The molecule has 0 unspecified atom stereocenters. The van der Waals surface area contributed by atoms with Gasteiger partial charge in [-0.1, -0.05) is 48.0 Å². The number of carbonyl (C=O) groups excluding carboxylic acids is 1. The molecule has 2 rings (SSSR count). The van der Waals surface area contributed by atoms with Gasteiger partial charge in [0.1, 0.15) is 6.04 Å². The summed E-state index contributed by atoms with van der Waals surface area (Å²) in [5.74, 6) is -1.27. The summed E-state index contributed by atoms with van der Waals surface area (Å²) in [6.45, 7) is 0.356. The maximum Gasteiger partial charge on any atom is 0.320 e. The van der Waals surface area contributed by atoms with Crippen molar-refractivity contribution in [2.24, 2.45) is 5.73 Å². The van der Waals surface area contributed by atoms with E-state index in [0.29, 0.717) is 17.1 Å². The molecule has 0 bridgehead atoms. The van der Waals surface area contributed by atoms with Gasteiger partial charge in [0, 0.05) is 6.54 Å². The van der Waals surface area contributed by atoms with E-state index in [-0.39, 0.29) is 12.3 Å². The standard InChI is InChI=1S/C17H17ClN2O3/c18-14-4-2-1-3-13(14)16(21)20-10-12-7-5-11(6-8-12)9-15(19)17(22)23/h1-8,15H,9-10,19H2,(H,20,21)(H,22,23)/t15-/m0/s1. The first-order valence-electron chi connectivity index (χ1n) is 7.06. The Morgan fingerprint density at radius 1 is 1.09 bits per heavy atom. The van der Waals surface area contributed by atoms with E-state index in [1.165, 1.54) is 0 Å². The molecule has 0 saturated heterocycles. The van der Waals surface area contributed by atoms with Gasteiger partial charge in [-0.2, -0.15) is 0 Å².